The molecule has 2 aromatic heterocycles. The van der Waals surface area contributed by atoms with Crippen molar-refractivity contribution >= 4 is 38.4 Å². The molecule has 2 atom stereocenters. The summed E-state index contributed by atoms with van der Waals surface area (Å²) in [6.45, 7) is 1.26. The van der Waals surface area contributed by atoms with E-state index >= 15 is 0 Å². The van der Waals surface area contributed by atoms with E-state index in [9.17, 15) is 0 Å². The quantitative estimate of drug-likeness (QED) is 0.238. The van der Waals surface area contributed by atoms with Crippen LogP contribution in [0, 0.1) is 0 Å². The fraction of sp³-hybridized carbons (Fsp3) is 0.179. The zero-order chi connectivity index (χ0) is 25.0. The maximum absolute atomic E-state index is 6.32. The molecule has 1 saturated heterocycles. The van der Waals surface area contributed by atoms with E-state index in [1.54, 1.807) is 0 Å². The highest BCUT2D eigenvalue weighted by molar-refractivity contribution is 8.77. The van der Waals surface area contributed by atoms with Crippen LogP contribution in [0.4, 0.5) is 5.82 Å². The number of nitrogens with zero attached hydrogens (tertiary/aromatic N) is 4. The van der Waals surface area contributed by atoms with Gasteiger partial charge >= 0.3 is 0 Å². The fourth-order valence-electron chi connectivity index (χ4n) is 4.28. The van der Waals surface area contributed by atoms with Crippen LogP contribution < -0.4 is 10.5 Å². The van der Waals surface area contributed by atoms with E-state index in [2.05, 4.69) is 22.1 Å². The van der Waals surface area contributed by atoms with Gasteiger partial charge in [-0.3, -0.25) is 0 Å². The smallest absolute Gasteiger partial charge is 0.164 e. The minimum Gasteiger partial charge on any atom is -0.457 e. The molecule has 1 aliphatic rings. The number of nitrogen functional groups attached to an aromatic ring is 1. The monoisotopic (exact) mass is 527 g/mol. The van der Waals surface area contributed by atoms with E-state index < -0.39 is 0 Å². The second-order valence-corrected chi connectivity index (χ2v) is 11.3. The Morgan fingerprint density at radius 3 is 2.41 bits per heavy atom. The van der Waals surface area contributed by atoms with Crippen LogP contribution in [-0.2, 0) is 17.9 Å². The van der Waals surface area contributed by atoms with Crippen molar-refractivity contribution < 1.29 is 9.47 Å². The molecular weight excluding hydrogens is 502 g/mol. The normalized spacial score (nSPS) is 17.3. The second kappa shape index (κ2) is 10.8. The summed E-state index contributed by atoms with van der Waals surface area (Å²) < 4.78 is 14.2. The lowest BCUT2D eigenvalue weighted by Crippen LogP contribution is -2.28. The first kappa shape index (κ1) is 23.8. The lowest BCUT2D eigenvalue weighted by atomic mass is 10.1. The standard InChI is InChI=1S/C28H25N5O2S2/c29-27-25-26(20-11-13-22(14-12-20)35-21-9-5-2-6-10-21)32-33(28(25)31-18-30-27)15-24-23(17-36-37-24)34-16-19-7-3-1-4-8-19/h1-14,18,23-24H,15-17H2,(H2,29,30,31). The van der Waals surface area contributed by atoms with E-state index in [1.807, 2.05) is 99.1 Å². The molecule has 1 fully saturated rings. The Kier molecular flexibility index (Phi) is 6.98. The summed E-state index contributed by atoms with van der Waals surface area (Å²) in [6, 6.07) is 27.8. The van der Waals surface area contributed by atoms with Gasteiger partial charge in [0.05, 0.1) is 29.9 Å². The Hall–Kier alpha value is -3.53. The molecule has 6 rings (SSSR count). The van der Waals surface area contributed by atoms with E-state index in [4.69, 9.17) is 20.3 Å². The molecule has 9 heteroatoms. The Bertz CT molecular complexity index is 1480. The minimum absolute atomic E-state index is 0.117. The molecule has 0 bridgehead atoms. The van der Waals surface area contributed by atoms with Crippen LogP contribution >= 0.6 is 21.6 Å². The number of ether oxygens (including phenoxy) is 2. The molecule has 3 aromatic carbocycles. The lowest BCUT2D eigenvalue weighted by molar-refractivity contribution is 0.0534. The van der Waals surface area contributed by atoms with Gasteiger partial charge in [-0.2, -0.15) is 5.10 Å². The molecule has 2 N–H and O–H groups in total. The van der Waals surface area contributed by atoms with Gasteiger partial charge in [-0.05, 0) is 42.0 Å². The first-order chi connectivity index (χ1) is 18.2. The number of hydrogen-bond donors (Lipinski definition) is 1. The zero-order valence-corrected chi connectivity index (χ0v) is 21.6. The molecule has 0 saturated carbocycles. The van der Waals surface area contributed by atoms with Crippen LogP contribution in [-0.4, -0.2) is 36.9 Å². The molecule has 3 heterocycles. The van der Waals surface area contributed by atoms with Gasteiger partial charge in [-0.1, -0.05) is 70.1 Å². The summed E-state index contributed by atoms with van der Waals surface area (Å²) in [5, 5.41) is 5.96. The largest absolute Gasteiger partial charge is 0.457 e. The van der Waals surface area contributed by atoms with Crippen LogP contribution in [0.3, 0.4) is 0 Å². The topological polar surface area (TPSA) is 88.1 Å². The van der Waals surface area contributed by atoms with Crippen molar-refractivity contribution in [2.24, 2.45) is 0 Å². The van der Waals surface area contributed by atoms with Crippen molar-refractivity contribution in [3.05, 3.63) is 96.8 Å². The molecule has 0 spiro atoms. The molecule has 0 amide bonds. The highest BCUT2D eigenvalue weighted by atomic mass is 33.1. The predicted molar refractivity (Wildman–Crippen MR) is 151 cm³/mol. The summed E-state index contributed by atoms with van der Waals surface area (Å²) in [6.07, 6.45) is 1.61. The van der Waals surface area contributed by atoms with Crippen molar-refractivity contribution in [3.63, 3.8) is 0 Å². The minimum atomic E-state index is 0.117. The lowest BCUT2D eigenvalue weighted by Gasteiger charge is -2.18. The summed E-state index contributed by atoms with van der Waals surface area (Å²) in [7, 11) is 3.68. The van der Waals surface area contributed by atoms with Crippen molar-refractivity contribution in [1.82, 2.24) is 19.7 Å². The number of aromatic nitrogens is 4. The van der Waals surface area contributed by atoms with Crippen LogP contribution in [0.15, 0.2) is 91.3 Å². The van der Waals surface area contributed by atoms with Gasteiger partial charge in [0.1, 0.15) is 29.3 Å². The number of hydrogen-bond acceptors (Lipinski definition) is 8. The van der Waals surface area contributed by atoms with Crippen LogP contribution in [0.2, 0.25) is 0 Å². The second-order valence-electron chi connectivity index (χ2n) is 8.68. The number of nitrogens with two attached hydrogens (primary N) is 1. The van der Waals surface area contributed by atoms with Crippen molar-refractivity contribution in [2.75, 3.05) is 11.5 Å². The molecule has 1 aliphatic heterocycles. The van der Waals surface area contributed by atoms with Gasteiger partial charge in [0.25, 0.3) is 0 Å². The zero-order valence-electron chi connectivity index (χ0n) is 19.9. The fourth-order valence-corrected chi connectivity index (χ4v) is 7.34. The first-order valence-electron chi connectivity index (χ1n) is 12.0. The number of para-hydroxylation sites is 1. The molecule has 0 radical (unpaired) electrons. The van der Waals surface area contributed by atoms with Gasteiger partial charge in [0.15, 0.2) is 5.65 Å². The molecular formula is C28H25N5O2S2. The molecule has 0 aliphatic carbocycles. The van der Waals surface area contributed by atoms with E-state index in [0.29, 0.717) is 19.0 Å². The molecule has 186 valence electrons. The Morgan fingerprint density at radius 2 is 1.62 bits per heavy atom. The summed E-state index contributed by atoms with van der Waals surface area (Å²) >= 11 is 0. The van der Waals surface area contributed by atoms with Gasteiger partial charge < -0.3 is 15.2 Å². The van der Waals surface area contributed by atoms with Crippen LogP contribution in [0.1, 0.15) is 5.56 Å². The van der Waals surface area contributed by atoms with Crippen molar-refractivity contribution in [2.45, 2.75) is 24.5 Å². The average Bonchev–Trinajstić information content (AvgIpc) is 3.54. The first-order valence-corrected chi connectivity index (χ1v) is 14.4. The van der Waals surface area contributed by atoms with Crippen LogP contribution in [0.25, 0.3) is 22.3 Å². The Labute approximate surface area is 222 Å². The van der Waals surface area contributed by atoms with Crippen LogP contribution in [0.5, 0.6) is 11.5 Å². The summed E-state index contributed by atoms with van der Waals surface area (Å²) in [5.41, 5.74) is 9.92. The Balaban J connectivity index is 1.24. The van der Waals surface area contributed by atoms with Gasteiger partial charge in [0.2, 0.25) is 0 Å². The molecule has 2 unspecified atom stereocenters. The van der Waals surface area contributed by atoms with E-state index in [0.717, 1.165) is 39.5 Å². The maximum Gasteiger partial charge on any atom is 0.164 e. The van der Waals surface area contributed by atoms with Gasteiger partial charge in [-0.15, -0.1) is 0 Å². The third-order valence-corrected chi connectivity index (χ3v) is 9.02. The maximum atomic E-state index is 6.32. The third-order valence-electron chi connectivity index (χ3n) is 6.16. The SMILES string of the molecule is Nc1ncnc2c1c(-c1ccc(Oc3ccccc3)cc1)nn2CC1SSCC1OCc1ccccc1. The molecule has 37 heavy (non-hydrogen) atoms. The number of anilines is 1. The molecule has 5 aromatic rings. The van der Waals surface area contributed by atoms with E-state index in [-0.39, 0.29) is 11.4 Å². The third kappa shape index (κ3) is 5.29. The van der Waals surface area contributed by atoms with Crippen molar-refractivity contribution in [1.29, 1.82) is 0 Å². The predicted octanol–water partition coefficient (Wildman–Crippen LogP) is 6.22. The average molecular weight is 528 g/mol. The number of fused-ring (bicyclic) bond motifs is 1. The van der Waals surface area contributed by atoms with Gasteiger partial charge in [-0.25, -0.2) is 14.6 Å². The highest BCUT2D eigenvalue weighted by Crippen LogP contribution is 2.41. The molecule has 7 nitrogen and oxygen atoms in total. The number of benzene rings is 3. The highest BCUT2D eigenvalue weighted by Gasteiger charge is 2.31. The summed E-state index contributed by atoms with van der Waals surface area (Å²) in [5.74, 6) is 2.90. The van der Waals surface area contributed by atoms with Gasteiger partial charge in [0, 0.05) is 11.3 Å². The Morgan fingerprint density at radius 1 is 0.892 bits per heavy atom. The van der Waals surface area contributed by atoms with Crippen molar-refractivity contribution in [3.8, 4) is 22.8 Å². The summed E-state index contributed by atoms with van der Waals surface area (Å²) in [4.78, 5) is 8.79. The number of rotatable bonds is 8. The van der Waals surface area contributed by atoms with E-state index in [1.165, 1.54) is 11.9 Å².